The lowest BCUT2D eigenvalue weighted by atomic mass is 9.69. The molecule has 0 aromatic heterocycles. The summed E-state index contributed by atoms with van der Waals surface area (Å²) in [5, 5.41) is 13.5. The predicted molar refractivity (Wildman–Crippen MR) is 345 cm³/mol. The monoisotopic (exact) mass is 1310 g/mol. The minimum atomic E-state index is -5.89. The Kier molecular flexibility index (Phi) is 21.5. The molecule has 3 atom stereocenters. The number of nitrogens with zero attached hydrogens (tertiary/aromatic N) is 5. The number of alkyl halides is 3. The smallest absolute Gasteiger partial charge is 0.384 e. The zero-order chi connectivity index (χ0) is 63.7. The summed E-state index contributed by atoms with van der Waals surface area (Å²) in [6.45, 7) is 8.46. The van der Waals surface area contributed by atoms with E-state index in [2.05, 4.69) is 60.7 Å². The van der Waals surface area contributed by atoms with Crippen LogP contribution in [0.5, 0.6) is 0 Å². The lowest BCUT2D eigenvalue weighted by Gasteiger charge is -2.40. The van der Waals surface area contributed by atoms with Crippen molar-refractivity contribution in [1.29, 1.82) is 0 Å². The van der Waals surface area contributed by atoms with Crippen molar-refractivity contribution in [2.24, 2.45) is 10.6 Å². The fourth-order valence-corrected chi connectivity index (χ4v) is 15.1. The molecule has 5 amide bonds. The number of likely N-dealkylation sites (tertiary alicyclic amines) is 1. The number of anilines is 3. The second-order valence-electron chi connectivity index (χ2n) is 23.5. The van der Waals surface area contributed by atoms with Gasteiger partial charge < -0.3 is 25.2 Å². The summed E-state index contributed by atoms with van der Waals surface area (Å²) in [5.41, 5.74) is -0.493. The number of benzene rings is 5. The van der Waals surface area contributed by atoms with E-state index in [0.717, 1.165) is 72.4 Å². The van der Waals surface area contributed by atoms with Crippen molar-refractivity contribution in [3.63, 3.8) is 0 Å². The zero-order valence-corrected chi connectivity index (χ0v) is 52.9. The van der Waals surface area contributed by atoms with Crippen molar-refractivity contribution < 1.29 is 55.1 Å². The number of ether oxygens (including phenoxy) is 1. The number of nitrogens with one attached hydrogen (secondary N) is 3. The Balaban J connectivity index is 0.00000441. The van der Waals surface area contributed by atoms with Gasteiger partial charge in [-0.1, -0.05) is 53.6 Å². The average molecular weight is 1310 g/mol. The van der Waals surface area contributed by atoms with E-state index in [4.69, 9.17) is 16.3 Å². The molecule has 1 aliphatic carbocycles. The van der Waals surface area contributed by atoms with Gasteiger partial charge in [-0.2, -0.15) is 13.2 Å². The van der Waals surface area contributed by atoms with Crippen LogP contribution in [0.3, 0.4) is 0 Å². The number of morpholine rings is 1. The van der Waals surface area contributed by atoms with Crippen molar-refractivity contribution in [2.45, 2.75) is 85.2 Å². The van der Waals surface area contributed by atoms with Crippen LogP contribution in [0.2, 0.25) is 5.02 Å². The van der Waals surface area contributed by atoms with Crippen LogP contribution >= 0.6 is 36.2 Å². The average Bonchev–Trinajstić information content (AvgIpc) is 1.69. The number of hydrogen-bond acceptors (Lipinski definition) is 17. The van der Waals surface area contributed by atoms with Gasteiger partial charge in [-0.3, -0.25) is 53.9 Å². The van der Waals surface area contributed by atoms with Gasteiger partial charge in [0.05, 0.1) is 34.9 Å². The molecule has 5 aromatic carbocycles. The number of piperidine rings is 1. The van der Waals surface area contributed by atoms with E-state index < -0.39 is 61.7 Å². The molecule has 5 N–H and O–H groups in total. The Morgan fingerprint density at radius 2 is 1.53 bits per heavy atom. The fourth-order valence-electron chi connectivity index (χ4n) is 13.0. The lowest BCUT2D eigenvalue weighted by Crippen LogP contribution is -2.54. The highest BCUT2D eigenvalue weighted by atomic mass is 35.5. The van der Waals surface area contributed by atoms with Crippen LogP contribution in [-0.2, 0) is 29.0 Å². The number of hydrogen-bond donors (Lipinski definition) is 5. The Morgan fingerprint density at radius 3 is 2.24 bits per heavy atom. The van der Waals surface area contributed by atoms with Gasteiger partial charge in [-0.05, 0) is 140 Å². The topological polar surface area (TPSA) is 224 Å². The molecule has 3 unspecified atom stereocenters. The molecular formula is C65H73ClF3N9O9S3. The Bertz CT molecular complexity index is 3610. The Hall–Kier alpha value is -6.77. The minimum absolute atomic E-state index is 0.0245. The molecule has 5 aliphatic heterocycles. The summed E-state index contributed by atoms with van der Waals surface area (Å²) in [6.07, 6.45) is 4.85. The molecule has 1 spiro atoms. The highest BCUT2D eigenvalue weighted by Gasteiger charge is 2.49. The van der Waals surface area contributed by atoms with Crippen molar-refractivity contribution in [3.05, 3.63) is 154 Å². The molecule has 90 heavy (non-hydrogen) atoms. The van der Waals surface area contributed by atoms with Gasteiger partial charge in [0, 0.05) is 129 Å². The van der Waals surface area contributed by atoms with E-state index in [1.54, 1.807) is 30.3 Å². The molecule has 18 nitrogen and oxygen atoms in total. The first-order valence-electron chi connectivity index (χ1n) is 30.2. The number of allylic oxidation sites excluding steroid dienone is 1. The van der Waals surface area contributed by atoms with Crippen LogP contribution in [0.1, 0.15) is 100.0 Å². The molecule has 0 bridgehead atoms. The molecule has 4 fully saturated rings. The molecular weight excluding hydrogens is 1240 g/mol. The summed E-state index contributed by atoms with van der Waals surface area (Å²) < 4.78 is 75.3. The predicted octanol–water partition coefficient (Wildman–Crippen LogP) is 9.22. The number of ketones is 1. The van der Waals surface area contributed by atoms with Crippen molar-refractivity contribution in [3.8, 4) is 0 Å². The third kappa shape index (κ3) is 15.2. The number of thioether (sulfide) groups is 1. The summed E-state index contributed by atoms with van der Waals surface area (Å²) in [5.74, 6) is -2.42. The number of sulfone groups is 1. The van der Waals surface area contributed by atoms with Crippen LogP contribution in [0.15, 0.2) is 131 Å². The maximum absolute atomic E-state index is 14.4. The number of carbonyl (C=O) groups is 6. The second kappa shape index (κ2) is 29.2. The van der Waals surface area contributed by atoms with E-state index in [-0.39, 0.29) is 58.5 Å². The third-order valence-corrected chi connectivity index (χ3v) is 20.8. The molecule has 25 heteroatoms. The van der Waals surface area contributed by atoms with Crippen molar-refractivity contribution in [1.82, 2.24) is 24.9 Å². The van der Waals surface area contributed by atoms with Gasteiger partial charge in [0.1, 0.15) is 6.04 Å². The number of halogens is 4. The minimum Gasteiger partial charge on any atom is -0.384 e. The summed E-state index contributed by atoms with van der Waals surface area (Å²) >= 11 is 10.9. The molecule has 4 saturated heterocycles. The maximum Gasteiger partial charge on any atom is 0.501 e. The molecule has 11 rings (SSSR count). The zero-order valence-electron chi connectivity index (χ0n) is 49.7. The molecule has 0 saturated carbocycles. The fraction of sp³-hybridized carbons (Fsp3) is 0.415. The number of rotatable bonds is 21. The number of carbonyl (C=O) groups excluding carboxylic acids is 6. The van der Waals surface area contributed by atoms with E-state index in [9.17, 15) is 50.4 Å². The standard InChI is InChI=1S/C65H70ClF3N8O9S2.H3NS/c66-47-16-11-43(12-17-47)51-23-25-64(26-29-76(42-64)58(79)10-5-27-70-54-9-4-8-52-59(54)63(83)77(62(52)82)55-21-22-57(78)72-61(55)81)39-46(51)40-74-30-32-75(33-31-74)49-18-13-44(14-19-49)60(80)45-15-20-53(56(38-45)88(84,85)65(67,68)69)71-48(24-28-73-34-36-86-37-35-73)41-87-50-6-2-1-3-7-50;1-2/h1-4,6-9,11-20,38,48,55,70-71H,5,10,21-37,39-42H2,(H,72,78,81);2H,1H2. The maximum atomic E-state index is 14.4. The highest BCUT2D eigenvalue weighted by molar-refractivity contribution is 7.99. The lowest BCUT2D eigenvalue weighted by molar-refractivity contribution is -0.136. The normalized spacial score (nSPS) is 20.4. The van der Waals surface area contributed by atoms with Crippen molar-refractivity contribution in [2.75, 3.05) is 106 Å². The Labute approximate surface area is 536 Å². The van der Waals surface area contributed by atoms with Crippen LogP contribution in [0.25, 0.3) is 5.57 Å². The quantitative estimate of drug-likeness (QED) is 0.0152. The van der Waals surface area contributed by atoms with E-state index in [0.29, 0.717) is 94.9 Å². The first-order chi connectivity index (χ1) is 43.3. The van der Waals surface area contributed by atoms with Crippen molar-refractivity contribution >= 4 is 104 Å². The first kappa shape index (κ1) is 66.2. The summed E-state index contributed by atoms with van der Waals surface area (Å²) in [4.78, 5) is 89.0. The number of nitrogens with two attached hydrogens (primary N) is 1. The number of thiol groups is 1. The summed E-state index contributed by atoms with van der Waals surface area (Å²) in [6, 6.07) is 31.3. The van der Waals surface area contributed by atoms with Gasteiger partial charge >= 0.3 is 5.51 Å². The van der Waals surface area contributed by atoms with Gasteiger partial charge in [0.2, 0.25) is 17.7 Å². The third-order valence-electron chi connectivity index (χ3n) is 17.8. The first-order valence-corrected chi connectivity index (χ1v) is 33.6. The molecule has 0 radical (unpaired) electrons. The number of amides is 5. The molecule has 478 valence electrons. The van der Waals surface area contributed by atoms with Crippen LogP contribution in [0, 0.1) is 5.41 Å². The van der Waals surface area contributed by atoms with Crippen LogP contribution in [0.4, 0.5) is 30.2 Å². The van der Waals surface area contributed by atoms with Gasteiger partial charge in [0.25, 0.3) is 21.7 Å². The van der Waals surface area contributed by atoms with E-state index in [1.807, 2.05) is 59.5 Å². The van der Waals surface area contributed by atoms with Gasteiger partial charge in [-0.25, -0.2) is 8.42 Å². The molecule has 5 heterocycles. The second-order valence-corrected chi connectivity index (χ2v) is 27.0. The van der Waals surface area contributed by atoms with Gasteiger partial charge in [-0.15, -0.1) is 24.6 Å². The van der Waals surface area contributed by atoms with Crippen LogP contribution in [-0.4, -0.2) is 172 Å². The SMILES string of the molecule is NS.O=C1CCC(N2C(=O)c3cccc(NCCCC(=O)N4CCC5(CCC(c6ccc(Cl)cc6)=C(CN6CCN(c7ccc(C(=O)c8ccc(NC(CCN9CCOCC9)CSc9ccccc9)c(S(=O)(=O)C(F)(F)F)c8)cc7)CC6)C5)C4)c3C2=O)C(=O)N1. The largest absolute Gasteiger partial charge is 0.501 e. The number of piperazine rings is 1. The summed E-state index contributed by atoms with van der Waals surface area (Å²) in [7, 11) is -5.89. The number of imide groups is 2. The highest BCUT2D eigenvalue weighted by Crippen LogP contribution is 2.49. The number of fused-ring (bicyclic) bond motifs is 1. The van der Waals surface area contributed by atoms with E-state index in [1.165, 1.54) is 35.0 Å². The molecule has 5 aromatic rings. The van der Waals surface area contributed by atoms with Crippen LogP contribution < -0.4 is 26.0 Å². The van der Waals surface area contributed by atoms with E-state index >= 15 is 0 Å². The Morgan fingerprint density at radius 1 is 0.811 bits per heavy atom. The van der Waals surface area contributed by atoms with Gasteiger partial charge in [0.15, 0.2) is 5.78 Å². The molecule has 6 aliphatic rings.